The van der Waals surface area contributed by atoms with E-state index < -0.39 is 0 Å². The third-order valence-corrected chi connectivity index (χ3v) is 3.42. The van der Waals surface area contributed by atoms with Gasteiger partial charge in [0.25, 0.3) is 0 Å². The summed E-state index contributed by atoms with van der Waals surface area (Å²) in [7, 11) is 0. The summed E-state index contributed by atoms with van der Waals surface area (Å²) in [5, 5.41) is 0. The maximum atomic E-state index is 5.47. The van der Waals surface area contributed by atoms with Crippen molar-refractivity contribution in [1.82, 2.24) is 9.80 Å². The summed E-state index contributed by atoms with van der Waals surface area (Å²) in [5.41, 5.74) is 0.298. The van der Waals surface area contributed by atoms with Crippen molar-refractivity contribution in [3.8, 4) is 0 Å². The van der Waals surface area contributed by atoms with E-state index >= 15 is 0 Å². The van der Waals surface area contributed by atoms with E-state index in [1.54, 1.807) is 0 Å². The second-order valence-corrected chi connectivity index (χ2v) is 5.63. The maximum Gasteiger partial charge on any atom is 0.170 e. The van der Waals surface area contributed by atoms with Crippen molar-refractivity contribution < 1.29 is 9.47 Å². The molecule has 0 aromatic heterocycles. The fourth-order valence-corrected chi connectivity index (χ4v) is 2.32. The van der Waals surface area contributed by atoms with Crippen LogP contribution in [-0.4, -0.2) is 67.6 Å². The van der Waals surface area contributed by atoms with Gasteiger partial charge in [0.2, 0.25) is 0 Å². The first kappa shape index (κ1) is 12.3. The zero-order valence-corrected chi connectivity index (χ0v) is 10.7. The molecule has 0 atom stereocenters. The summed E-state index contributed by atoms with van der Waals surface area (Å²) in [6.07, 6.45) is 0.0150. The Balaban J connectivity index is 1.72. The Kier molecular flexibility index (Phi) is 3.85. The molecule has 0 spiro atoms. The average Bonchev–Trinajstić information content (AvgIpc) is 2.70. The second kappa shape index (κ2) is 5.00. The molecule has 0 amide bonds. The third kappa shape index (κ3) is 3.17. The number of piperazine rings is 1. The summed E-state index contributed by atoms with van der Waals surface area (Å²) in [4.78, 5) is 4.98. The molecule has 0 radical (unpaired) electrons. The first-order valence-electron chi connectivity index (χ1n) is 6.26. The molecule has 16 heavy (non-hydrogen) atoms. The Labute approximate surface area is 98.5 Å². The first-order valence-corrected chi connectivity index (χ1v) is 6.26. The highest BCUT2D eigenvalue weighted by atomic mass is 16.7. The van der Waals surface area contributed by atoms with Gasteiger partial charge in [0.1, 0.15) is 0 Å². The third-order valence-electron chi connectivity index (χ3n) is 3.42. The molecule has 2 aliphatic rings. The highest BCUT2D eigenvalue weighted by Crippen LogP contribution is 2.16. The Morgan fingerprint density at radius 2 is 1.56 bits per heavy atom. The van der Waals surface area contributed by atoms with Crippen LogP contribution >= 0.6 is 0 Å². The van der Waals surface area contributed by atoms with Crippen LogP contribution in [-0.2, 0) is 9.47 Å². The minimum absolute atomic E-state index is 0.0150. The fraction of sp³-hybridized carbons (Fsp3) is 1.00. The van der Waals surface area contributed by atoms with Gasteiger partial charge in [-0.05, 0) is 20.8 Å². The van der Waals surface area contributed by atoms with Crippen LogP contribution in [0, 0.1) is 0 Å². The molecule has 2 heterocycles. The zero-order valence-electron chi connectivity index (χ0n) is 10.7. The van der Waals surface area contributed by atoms with Gasteiger partial charge in [-0.25, -0.2) is 0 Å². The van der Waals surface area contributed by atoms with Crippen molar-refractivity contribution in [3.63, 3.8) is 0 Å². The summed E-state index contributed by atoms with van der Waals surface area (Å²) < 4.78 is 10.9. The van der Waals surface area contributed by atoms with Crippen LogP contribution < -0.4 is 0 Å². The molecule has 2 saturated heterocycles. The van der Waals surface area contributed by atoms with E-state index in [-0.39, 0.29) is 6.29 Å². The maximum absolute atomic E-state index is 5.47. The molecule has 0 bridgehead atoms. The summed E-state index contributed by atoms with van der Waals surface area (Å²) in [5.74, 6) is 0. The Bertz CT molecular complexity index is 214. The van der Waals surface area contributed by atoms with Crippen LogP contribution in [0.4, 0.5) is 0 Å². The van der Waals surface area contributed by atoms with Gasteiger partial charge in [-0.1, -0.05) is 0 Å². The standard InChI is InChI=1S/C12H24N2O2/c1-12(2,3)14-6-4-13(5-7-14)10-11-15-8-9-16-11/h11H,4-10H2,1-3H3. The van der Waals surface area contributed by atoms with E-state index in [1.165, 1.54) is 0 Å². The van der Waals surface area contributed by atoms with Crippen molar-refractivity contribution in [2.45, 2.75) is 32.6 Å². The molecule has 0 saturated carbocycles. The van der Waals surface area contributed by atoms with E-state index in [2.05, 4.69) is 30.6 Å². The highest BCUT2D eigenvalue weighted by molar-refractivity contribution is 4.82. The van der Waals surface area contributed by atoms with Crippen LogP contribution in [0.3, 0.4) is 0 Å². The molecule has 0 aromatic rings. The van der Waals surface area contributed by atoms with Crippen LogP contribution in [0.5, 0.6) is 0 Å². The van der Waals surface area contributed by atoms with Gasteiger partial charge < -0.3 is 9.47 Å². The molecule has 0 N–H and O–H groups in total. The van der Waals surface area contributed by atoms with E-state index in [0.29, 0.717) is 5.54 Å². The summed E-state index contributed by atoms with van der Waals surface area (Å²) in [6.45, 7) is 13.8. The van der Waals surface area contributed by atoms with Crippen molar-refractivity contribution in [2.75, 3.05) is 45.9 Å². The lowest BCUT2D eigenvalue weighted by molar-refractivity contribution is -0.0709. The number of ether oxygens (including phenoxy) is 2. The molecule has 94 valence electrons. The lowest BCUT2D eigenvalue weighted by atomic mass is 10.1. The SMILES string of the molecule is CC(C)(C)N1CCN(CC2OCCO2)CC1. The van der Waals surface area contributed by atoms with E-state index in [4.69, 9.17) is 9.47 Å². The van der Waals surface area contributed by atoms with E-state index in [9.17, 15) is 0 Å². The van der Waals surface area contributed by atoms with Crippen molar-refractivity contribution in [3.05, 3.63) is 0 Å². The molecule has 0 unspecified atom stereocenters. The number of nitrogens with zero attached hydrogens (tertiary/aromatic N) is 2. The van der Waals surface area contributed by atoms with E-state index in [1.807, 2.05) is 0 Å². The van der Waals surface area contributed by atoms with Crippen LogP contribution in [0.25, 0.3) is 0 Å². The van der Waals surface area contributed by atoms with Gasteiger partial charge in [0.05, 0.1) is 13.2 Å². The molecule has 4 heteroatoms. The van der Waals surface area contributed by atoms with E-state index in [0.717, 1.165) is 45.9 Å². The Morgan fingerprint density at radius 3 is 2.06 bits per heavy atom. The molecule has 0 aliphatic carbocycles. The van der Waals surface area contributed by atoms with Crippen LogP contribution in [0.15, 0.2) is 0 Å². The number of hydrogen-bond donors (Lipinski definition) is 0. The van der Waals surface area contributed by atoms with Crippen molar-refractivity contribution in [1.29, 1.82) is 0 Å². The largest absolute Gasteiger partial charge is 0.349 e. The Hall–Kier alpha value is -0.160. The van der Waals surface area contributed by atoms with Crippen molar-refractivity contribution >= 4 is 0 Å². The fourth-order valence-electron chi connectivity index (χ4n) is 2.32. The summed E-state index contributed by atoms with van der Waals surface area (Å²) in [6, 6.07) is 0. The quantitative estimate of drug-likeness (QED) is 0.697. The van der Waals surface area contributed by atoms with Gasteiger partial charge in [-0.2, -0.15) is 0 Å². The summed E-state index contributed by atoms with van der Waals surface area (Å²) >= 11 is 0. The number of hydrogen-bond acceptors (Lipinski definition) is 4. The molecule has 2 aliphatic heterocycles. The van der Waals surface area contributed by atoms with Gasteiger partial charge in [-0.3, -0.25) is 9.80 Å². The molecule has 2 rings (SSSR count). The molecular weight excluding hydrogens is 204 g/mol. The normalized spacial score (nSPS) is 26.4. The number of rotatable bonds is 2. The monoisotopic (exact) mass is 228 g/mol. The first-order chi connectivity index (χ1) is 7.55. The molecule has 0 aromatic carbocycles. The smallest absolute Gasteiger partial charge is 0.170 e. The molecule has 4 nitrogen and oxygen atoms in total. The Morgan fingerprint density at radius 1 is 1.00 bits per heavy atom. The lowest BCUT2D eigenvalue weighted by Gasteiger charge is -2.42. The minimum atomic E-state index is 0.0150. The van der Waals surface area contributed by atoms with Crippen LogP contribution in [0.2, 0.25) is 0 Å². The highest BCUT2D eigenvalue weighted by Gasteiger charge is 2.27. The van der Waals surface area contributed by atoms with Crippen molar-refractivity contribution in [2.24, 2.45) is 0 Å². The van der Waals surface area contributed by atoms with Gasteiger partial charge >= 0.3 is 0 Å². The predicted molar refractivity (Wildman–Crippen MR) is 63.5 cm³/mol. The molecule has 2 fully saturated rings. The predicted octanol–water partition coefficient (Wildman–Crippen LogP) is 0.775. The van der Waals surface area contributed by atoms with Gasteiger partial charge in [0.15, 0.2) is 6.29 Å². The minimum Gasteiger partial charge on any atom is -0.349 e. The lowest BCUT2D eigenvalue weighted by Crippen LogP contribution is -2.54. The van der Waals surface area contributed by atoms with Gasteiger partial charge in [0, 0.05) is 38.3 Å². The topological polar surface area (TPSA) is 24.9 Å². The van der Waals surface area contributed by atoms with Gasteiger partial charge in [-0.15, -0.1) is 0 Å². The molecular formula is C12H24N2O2. The average molecular weight is 228 g/mol. The zero-order chi connectivity index (χ0) is 11.6. The van der Waals surface area contributed by atoms with Crippen LogP contribution in [0.1, 0.15) is 20.8 Å². The second-order valence-electron chi connectivity index (χ2n) is 5.63.